The van der Waals surface area contributed by atoms with Gasteiger partial charge in [0.25, 0.3) is 5.56 Å². The summed E-state index contributed by atoms with van der Waals surface area (Å²) in [5, 5.41) is 0. The Kier molecular flexibility index (Phi) is 5.81. The van der Waals surface area contributed by atoms with Crippen LogP contribution in [-0.2, 0) is 11.2 Å². The van der Waals surface area contributed by atoms with Gasteiger partial charge in [-0.1, -0.05) is 6.92 Å². The lowest BCUT2D eigenvalue weighted by Gasteiger charge is -2.33. The molecule has 1 atom stereocenters. The lowest BCUT2D eigenvalue weighted by molar-refractivity contribution is 0.104. The van der Waals surface area contributed by atoms with Crippen LogP contribution in [-0.4, -0.2) is 41.3 Å². The van der Waals surface area contributed by atoms with Gasteiger partial charge >= 0.3 is 0 Å². The Morgan fingerprint density at radius 3 is 2.96 bits per heavy atom. The first-order chi connectivity index (χ1) is 12.2. The van der Waals surface area contributed by atoms with Crippen LogP contribution < -0.4 is 10.5 Å². The normalized spacial score (nSPS) is 17.7. The Morgan fingerprint density at radius 2 is 2.24 bits per heavy atom. The lowest BCUT2D eigenvalue weighted by atomic mass is 9.99. The molecule has 1 unspecified atom stereocenters. The Labute approximate surface area is 148 Å². The van der Waals surface area contributed by atoms with Gasteiger partial charge in [-0.2, -0.15) is 0 Å². The Hall–Kier alpha value is -2.21. The fourth-order valence-corrected chi connectivity index (χ4v) is 3.23. The topological polar surface area (TPSA) is 71.1 Å². The van der Waals surface area contributed by atoms with Gasteiger partial charge in [0.2, 0.25) is 0 Å². The lowest BCUT2D eigenvalue weighted by Crippen LogP contribution is -2.37. The number of pyridine rings is 1. The van der Waals surface area contributed by atoms with Crippen molar-refractivity contribution in [2.45, 2.75) is 33.1 Å². The third-order valence-corrected chi connectivity index (χ3v) is 4.58. The zero-order valence-electron chi connectivity index (χ0n) is 15.0. The van der Waals surface area contributed by atoms with E-state index in [1.807, 2.05) is 26.0 Å². The number of H-pyrrole nitrogens is 1. The van der Waals surface area contributed by atoms with E-state index in [0.717, 1.165) is 56.2 Å². The molecule has 1 saturated heterocycles. The molecule has 1 N–H and O–H groups in total. The number of nitrogens with zero attached hydrogens (tertiary/aromatic N) is 3. The molecule has 134 valence electrons. The number of nitrogens with one attached hydrogen (secondary N) is 1. The number of anilines is 1. The van der Waals surface area contributed by atoms with Crippen LogP contribution in [0.1, 0.15) is 32.4 Å². The third-order valence-electron chi connectivity index (χ3n) is 4.58. The molecular weight excluding hydrogens is 316 g/mol. The van der Waals surface area contributed by atoms with Crippen molar-refractivity contribution >= 4 is 5.82 Å². The van der Waals surface area contributed by atoms with Crippen molar-refractivity contribution in [3.8, 4) is 11.4 Å². The number of hydrogen-bond donors (Lipinski definition) is 1. The molecule has 25 heavy (non-hydrogen) atoms. The maximum Gasteiger partial charge on any atom is 0.251 e. The maximum atomic E-state index is 11.7. The van der Waals surface area contributed by atoms with E-state index in [4.69, 9.17) is 4.74 Å². The first kappa shape index (κ1) is 17.6. The number of hydrogen-bond acceptors (Lipinski definition) is 5. The smallest absolute Gasteiger partial charge is 0.251 e. The molecule has 2 aromatic heterocycles. The van der Waals surface area contributed by atoms with Crippen LogP contribution in [0.25, 0.3) is 11.4 Å². The minimum atomic E-state index is -0.124. The molecular formula is C19H26N4O2. The van der Waals surface area contributed by atoms with Crippen LogP contribution in [0.2, 0.25) is 0 Å². The number of ether oxygens (including phenoxy) is 1. The van der Waals surface area contributed by atoms with Crippen molar-refractivity contribution in [3.05, 3.63) is 40.4 Å². The Balaban J connectivity index is 1.74. The minimum absolute atomic E-state index is 0.124. The van der Waals surface area contributed by atoms with Crippen LogP contribution >= 0.6 is 0 Å². The van der Waals surface area contributed by atoms with Crippen molar-refractivity contribution in [3.63, 3.8) is 0 Å². The second kappa shape index (κ2) is 8.25. The van der Waals surface area contributed by atoms with E-state index in [2.05, 4.69) is 19.9 Å². The number of piperidine rings is 1. The number of aromatic nitrogens is 3. The zero-order chi connectivity index (χ0) is 17.6. The van der Waals surface area contributed by atoms with E-state index in [-0.39, 0.29) is 5.56 Å². The summed E-state index contributed by atoms with van der Waals surface area (Å²) < 4.78 is 5.58. The van der Waals surface area contributed by atoms with Crippen LogP contribution in [0.5, 0.6) is 0 Å². The number of aryl methyl sites for hydroxylation is 1. The van der Waals surface area contributed by atoms with Gasteiger partial charge in [0.05, 0.1) is 6.61 Å². The van der Waals surface area contributed by atoms with E-state index in [0.29, 0.717) is 11.7 Å². The van der Waals surface area contributed by atoms with Crippen LogP contribution in [0, 0.1) is 5.92 Å². The highest BCUT2D eigenvalue weighted by Crippen LogP contribution is 2.23. The average Bonchev–Trinajstić information content (AvgIpc) is 2.66. The summed E-state index contributed by atoms with van der Waals surface area (Å²) in [5.74, 6) is 2.12. The Bertz CT molecular complexity index is 742. The van der Waals surface area contributed by atoms with Gasteiger partial charge in [-0.15, -0.1) is 0 Å². The first-order valence-corrected chi connectivity index (χ1v) is 9.09. The van der Waals surface area contributed by atoms with Gasteiger partial charge in [0, 0.05) is 43.2 Å². The molecule has 3 heterocycles. The molecule has 1 aliphatic heterocycles. The van der Waals surface area contributed by atoms with E-state index >= 15 is 0 Å². The molecule has 0 aliphatic carbocycles. The van der Waals surface area contributed by atoms with Crippen molar-refractivity contribution < 1.29 is 4.74 Å². The predicted molar refractivity (Wildman–Crippen MR) is 98.9 cm³/mol. The molecule has 0 amide bonds. The standard InChI is InChI=1S/C19H26N4O2/c1-3-16-10-18(24)22-19(21-16)15-7-8-17(20-11-15)23-9-5-6-14(12-23)13-25-4-2/h7-8,10-11,14H,3-6,9,12-13H2,1-2H3,(H,21,22,24). The number of rotatable bonds is 6. The van der Waals surface area contributed by atoms with Crippen LogP contribution in [0.4, 0.5) is 5.82 Å². The largest absolute Gasteiger partial charge is 0.381 e. The van der Waals surface area contributed by atoms with Gasteiger partial charge in [-0.05, 0) is 44.2 Å². The SMILES string of the molecule is CCOCC1CCCN(c2ccc(-c3nc(CC)cc(=O)[nH]3)cn2)C1. The molecule has 0 bridgehead atoms. The first-order valence-electron chi connectivity index (χ1n) is 9.09. The fourth-order valence-electron chi connectivity index (χ4n) is 3.23. The molecule has 3 rings (SSSR count). The molecule has 2 aromatic rings. The van der Waals surface area contributed by atoms with Crippen molar-refractivity contribution in [2.75, 3.05) is 31.2 Å². The second-order valence-corrected chi connectivity index (χ2v) is 6.46. The molecule has 0 spiro atoms. The van der Waals surface area contributed by atoms with E-state index in [1.165, 1.54) is 12.5 Å². The van der Waals surface area contributed by atoms with Crippen molar-refractivity contribution in [2.24, 2.45) is 5.92 Å². The van der Waals surface area contributed by atoms with E-state index in [1.54, 1.807) is 6.20 Å². The summed E-state index contributed by atoms with van der Waals surface area (Å²) >= 11 is 0. The fraction of sp³-hybridized carbons (Fsp3) is 0.526. The summed E-state index contributed by atoms with van der Waals surface area (Å²) in [7, 11) is 0. The quantitative estimate of drug-likeness (QED) is 0.874. The molecule has 0 saturated carbocycles. The molecule has 0 radical (unpaired) electrons. The van der Waals surface area contributed by atoms with Crippen LogP contribution in [0.15, 0.2) is 29.2 Å². The molecule has 6 heteroatoms. The average molecular weight is 342 g/mol. The highest BCUT2D eigenvalue weighted by molar-refractivity contribution is 5.56. The summed E-state index contributed by atoms with van der Waals surface area (Å²) in [6.45, 7) is 7.61. The molecule has 1 aliphatic rings. The van der Waals surface area contributed by atoms with Gasteiger partial charge in [-0.25, -0.2) is 9.97 Å². The van der Waals surface area contributed by atoms with E-state index < -0.39 is 0 Å². The highest BCUT2D eigenvalue weighted by atomic mass is 16.5. The van der Waals surface area contributed by atoms with Gasteiger partial charge < -0.3 is 14.6 Å². The maximum absolute atomic E-state index is 11.7. The highest BCUT2D eigenvalue weighted by Gasteiger charge is 2.21. The van der Waals surface area contributed by atoms with Gasteiger partial charge in [0.1, 0.15) is 11.6 Å². The minimum Gasteiger partial charge on any atom is -0.381 e. The van der Waals surface area contributed by atoms with Crippen molar-refractivity contribution in [1.82, 2.24) is 15.0 Å². The molecule has 0 aromatic carbocycles. The zero-order valence-corrected chi connectivity index (χ0v) is 15.0. The third kappa shape index (κ3) is 4.45. The molecule has 1 fully saturated rings. The summed E-state index contributed by atoms with van der Waals surface area (Å²) in [6, 6.07) is 5.53. The predicted octanol–water partition coefficient (Wildman–Crippen LogP) is 2.65. The summed E-state index contributed by atoms with van der Waals surface area (Å²) in [5.41, 5.74) is 1.50. The monoisotopic (exact) mass is 342 g/mol. The summed E-state index contributed by atoms with van der Waals surface area (Å²) in [4.78, 5) is 25.9. The van der Waals surface area contributed by atoms with Crippen LogP contribution in [0.3, 0.4) is 0 Å². The molecule has 6 nitrogen and oxygen atoms in total. The summed E-state index contributed by atoms with van der Waals surface area (Å²) in [6.07, 6.45) is 4.90. The van der Waals surface area contributed by atoms with Crippen molar-refractivity contribution in [1.29, 1.82) is 0 Å². The van der Waals surface area contributed by atoms with E-state index in [9.17, 15) is 4.79 Å². The Morgan fingerprint density at radius 1 is 1.36 bits per heavy atom. The number of aromatic amines is 1. The second-order valence-electron chi connectivity index (χ2n) is 6.46. The van der Waals surface area contributed by atoms with Gasteiger partial charge in [-0.3, -0.25) is 4.79 Å². The van der Waals surface area contributed by atoms with Gasteiger partial charge in [0.15, 0.2) is 0 Å².